The van der Waals surface area contributed by atoms with Gasteiger partial charge in [0.1, 0.15) is 11.6 Å². The number of anilines is 2. The SMILES string of the molecule is O=C(Nc1ccc(Cl)cc1)N1CCN(c2ccc(F)cc2F)CC1. The Morgan fingerprint density at radius 2 is 1.67 bits per heavy atom. The molecular weight excluding hydrogens is 336 g/mol. The third kappa shape index (κ3) is 3.76. The Labute approximate surface area is 143 Å². The molecule has 1 heterocycles. The van der Waals surface area contributed by atoms with Crippen LogP contribution in [0.15, 0.2) is 42.5 Å². The topological polar surface area (TPSA) is 35.6 Å². The van der Waals surface area contributed by atoms with Crippen molar-refractivity contribution in [3.05, 3.63) is 59.1 Å². The average Bonchev–Trinajstić information content (AvgIpc) is 2.57. The van der Waals surface area contributed by atoms with Crippen LogP contribution in [0.2, 0.25) is 5.02 Å². The molecule has 0 aliphatic carbocycles. The van der Waals surface area contributed by atoms with E-state index in [-0.39, 0.29) is 6.03 Å². The smallest absolute Gasteiger partial charge is 0.321 e. The zero-order valence-electron chi connectivity index (χ0n) is 12.8. The Bertz CT molecular complexity index is 731. The number of hydrogen-bond donors (Lipinski definition) is 1. The van der Waals surface area contributed by atoms with Gasteiger partial charge in [0.15, 0.2) is 0 Å². The average molecular weight is 352 g/mol. The lowest BCUT2D eigenvalue weighted by atomic mass is 10.2. The maximum atomic E-state index is 13.8. The zero-order valence-corrected chi connectivity index (χ0v) is 13.6. The predicted molar refractivity (Wildman–Crippen MR) is 90.6 cm³/mol. The summed E-state index contributed by atoms with van der Waals surface area (Å²) < 4.78 is 26.8. The Balaban J connectivity index is 1.58. The molecule has 0 unspecified atom stereocenters. The molecule has 2 aromatic rings. The second kappa shape index (κ2) is 7.05. The summed E-state index contributed by atoms with van der Waals surface area (Å²) in [6, 6.07) is 10.2. The standard InChI is InChI=1S/C17H16ClF2N3O/c18-12-1-4-14(5-2-12)21-17(24)23-9-7-22(8-10-23)16-6-3-13(19)11-15(16)20/h1-6,11H,7-10H2,(H,21,24). The first-order valence-electron chi connectivity index (χ1n) is 7.54. The van der Waals surface area contributed by atoms with Crippen LogP contribution in [0.5, 0.6) is 0 Å². The number of benzene rings is 2. The first-order chi connectivity index (χ1) is 11.5. The number of carbonyl (C=O) groups excluding carboxylic acids is 1. The van der Waals surface area contributed by atoms with Gasteiger partial charge in [0.25, 0.3) is 0 Å². The minimum atomic E-state index is -0.600. The van der Waals surface area contributed by atoms with Gasteiger partial charge < -0.3 is 15.1 Å². The molecule has 1 aliphatic rings. The van der Waals surface area contributed by atoms with Gasteiger partial charge in [0.05, 0.1) is 5.69 Å². The summed E-state index contributed by atoms with van der Waals surface area (Å²) >= 11 is 5.81. The molecule has 0 radical (unpaired) electrons. The van der Waals surface area contributed by atoms with Gasteiger partial charge in [-0.1, -0.05) is 11.6 Å². The quantitative estimate of drug-likeness (QED) is 0.888. The third-order valence-electron chi connectivity index (χ3n) is 3.91. The highest BCUT2D eigenvalue weighted by Gasteiger charge is 2.23. The molecule has 0 aromatic heterocycles. The van der Waals surface area contributed by atoms with E-state index in [1.807, 2.05) is 0 Å². The van der Waals surface area contributed by atoms with E-state index in [0.29, 0.717) is 42.6 Å². The van der Waals surface area contributed by atoms with Crippen molar-refractivity contribution >= 4 is 29.0 Å². The largest absolute Gasteiger partial charge is 0.366 e. The summed E-state index contributed by atoms with van der Waals surface area (Å²) in [5.74, 6) is -1.19. The number of carbonyl (C=O) groups is 1. The molecule has 2 amide bonds. The molecule has 1 N–H and O–H groups in total. The molecule has 1 saturated heterocycles. The van der Waals surface area contributed by atoms with E-state index in [1.54, 1.807) is 34.1 Å². The fourth-order valence-electron chi connectivity index (χ4n) is 2.62. The van der Waals surface area contributed by atoms with Crippen LogP contribution in [-0.4, -0.2) is 37.1 Å². The molecule has 2 aromatic carbocycles. The highest BCUT2D eigenvalue weighted by molar-refractivity contribution is 6.30. The first-order valence-corrected chi connectivity index (χ1v) is 7.92. The van der Waals surface area contributed by atoms with Crippen LogP contribution >= 0.6 is 11.6 Å². The molecule has 4 nitrogen and oxygen atoms in total. The van der Waals surface area contributed by atoms with Crippen molar-refractivity contribution in [3.8, 4) is 0 Å². The van der Waals surface area contributed by atoms with Crippen LogP contribution < -0.4 is 10.2 Å². The highest BCUT2D eigenvalue weighted by atomic mass is 35.5. The summed E-state index contributed by atoms with van der Waals surface area (Å²) in [5, 5.41) is 3.40. The van der Waals surface area contributed by atoms with Crippen molar-refractivity contribution < 1.29 is 13.6 Å². The van der Waals surface area contributed by atoms with E-state index < -0.39 is 11.6 Å². The molecule has 3 rings (SSSR count). The van der Waals surface area contributed by atoms with Crippen LogP contribution in [0.3, 0.4) is 0 Å². The summed E-state index contributed by atoms with van der Waals surface area (Å²) in [6.45, 7) is 1.87. The number of hydrogen-bond acceptors (Lipinski definition) is 2. The minimum absolute atomic E-state index is 0.212. The van der Waals surface area contributed by atoms with Crippen LogP contribution in [0.1, 0.15) is 0 Å². The van der Waals surface area contributed by atoms with Gasteiger partial charge in [-0.15, -0.1) is 0 Å². The minimum Gasteiger partial charge on any atom is -0.366 e. The van der Waals surface area contributed by atoms with Crippen LogP contribution in [0.4, 0.5) is 25.0 Å². The van der Waals surface area contributed by atoms with E-state index in [0.717, 1.165) is 6.07 Å². The van der Waals surface area contributed by atoms with Crippen molar-refractivity contribution in [2.24, 2.45) is 0 Å². The fourth-order valence-corrected chi connectivity index (χ4v) is 2.75. The Morgan fingerprint density at radius 1 is 1.00 bits per heavy atom. The van der Waals surface area contributed by atoms with Gasteiger partial charge in [-0.05, 0) is 36.4 Å². The van der Waals surface area contributed by atoms with Crippen LogP contribution in [-0.2, 0) is 0 Å². The molecule has 1 aliphatic heterocycles. The number of urea groups is 1. The molecule has 24 heavy (non-hydrogen) atoms. The lowest BCUT2D eigenvalue weighted by Crippen LogP contribution is -2.50. The fraction of sp³-hybridized carbons (Fsp3) is 0.235. The van der Waals surface area contributed by atoms with E-state index in [4.69, 9.17) is 11.6 Å². The summed E-state index contributed by atoms with van der Waals surface area (Å²) in [7, 11) is 0. The normalized spacial score (nSPS) is 14.6. The van der Waals surface area contributed by atoms with Crippen LogP contribution in [0, 0.1) is 11.6 Å². The van der Waals surface area contributed by atoms with Crippen molar-refractivity contribution in [1.29, 1.82) is 0 Å². The molecule has 0 bridgehead atoms. The Hall–Kier alpha value is -2.34. The molecule has 1 fully saturated rings. The van der Waals surface area contributed by atoms with Gasteiger partial charge in [-0.25, -0.2) is 13.6 Å². The van der Waals surface area contributed by atoms with Gasteiger partial charge in [0, 0.05) is 43.0 Å². The molecule has 126 valence electrons. The van der Waals surface area contributed by atoms with E-state index in [1.165, 1.54) is 12.1 Å². The lowest BCUT2D eigenvalue weighted by molar-refractivity contribution is 0.208. The Morgan fingerprint density at radius 3 is 2.29 bits per heavy atom. The number of nitrogens with one attached hydrogen (secondary N) is 1. The van der Waals surface area contributed by atoms with Gasteiger partial charge >= 0.3 is 6.03 Å². The second-order valence-electron chi connectivity index (χ2n) is 5.51. The third-order valence-corrected chi connectivity index (χ3v) is 4.16. The maximum absolute atomic E-state index is 13.8. The zero-order chi connectivity index (χ0) is 17.1. The number of amides is 2. The summed E-state index contributed by atoms with van der Waals surface area (Å²) in [4.78, 5) is 15.7. The van der Waals surface area contributed by atoms with Crippen molar-refractivity contribution in [3.63, 3.8) is 0 Å². The number of piperazine rings is 1. The van der Waals surface area contributed by atoms with Crippen molar-refractivity contribution in [1.82, 2.24) is 4.90 Å². The maximum Gasteiger partial charge on any atom is 0.321 e. The monoisotopic (exact) mass is 351 g/mol. The highest BCUT2D eigenvalue weighted by Crippen LogP contribution is 2.22. The van der Waals surface area contributed by atoms with Gasteiger partial charge in [0.2, 0.25) is 0 Å². The molecule has 0 spiro atoms. The molecule has 0 saturated carbocycles. The number of rotatable bonds is 2. The first kappa shape index (κ1) is 16.5. The van der Waals surface area contributed by atoms with Gasteiger partial charge in [-0.3, -0.25) is 0 Å². The van der Waals surface area contributed by atoms with E-state index in [2.05, 4.69) is 5.32 Å². The molecular formula is C17H16ClF2N3O. The molecule has 7 heteroatoms. The summed E-state index contributed by atoms with van der Waals surface area (Å²) in [6.07, 6.45) is 0. The lowest BCUT2D eigenvalue weighted by Gasteiger charge is -2.36. The second-order valence-corrected chi connectivity index (χ2v) is 5.94. The van der Waals surface area contributed by atoms with Gasteiger partial charge in [-0.2, -0.15) is 0 Å². The number of nitrogens with zero attached hydrogens (tertiary/aromatic N) is 2. The Kier molecular flexibility index (Phi) is 4.85. The number of halogens is 3. The van der Waals surface area contributed by atoms with Crippen LogP contribution in [0.25, 0.3) is 0 Å². The predicted octanol–water partition coefficient (Wildman–Crippen LogP) is 3.97. The summed E-state index contributed by atoms with van der Waals surface area (Å²) in [5.41, 5.74) is 1.02. The van der Waals surface area contributed by atoms with Crippen molar-refractivity contribution in [2.45, 2.75) is 0 Å². The van der Waals surface area contributed by atoms with Crippen molar-refractivity contribution in [2.75, 3.05) is 36.4 Å². The molecule has 0 atom stereocenters. The van der Waals surface area contributed by atoms with E-state index >= 15 is 0 Å². The van der Waals surface area contributed by atoms with E-state index in [9.17, 15) is 13.6 Å².